The molecule has 1 aromatic rings. The number of alkyl halides is 1. The van der Waals surface area contributed by atoms with Gasteiger partial charge in [0.1, 0.15) is 0 Å². The van der Waals surface area contributed by atoms with Crippen LogP contribution < -0.4 is 0 Å². The van der Waals surface area contributed by atoms with Gasteiger partial charge in [0.15, 0.2) is 0 Å². The van der Waals surface area contributed by atoms with Crippen molar-refractivity contribution in [3.8, 4) is 0 Å². The molecule has 0 bridgehead atoms. The van der Waals surface area contributed by atoms with Crippen molar-refractivity contribution in [2.45, 2.75) is 19.2 Å². The first kappa shape index (κ1) is 16.1. The number of benzene rings is 1. The van der Waals surface area contributed by atoms with Gasteiger partial charge in [-0.3, -0.25) is 0 Å². The van der Waals surface area contributed by atoms with Gasteiger partial charge in [-0.15, -0.1) is 24.0 Å². The maximum absolute atomic E-state index is 6.33. The fourth-order valence-electron chi connectivity index (χ4n) is 1.49. The Labute approximate surface area is 114 Å². The third kappa shape index (κ3) is 4.92. The van der Waals surface area contributed by atoms with Crippen molar-refractivity contribution in [1.29, 1.82) is 0 Å². The van der Waals surface area contributed by atoms with Gasteiger partial charge in [-0.2, -0.15) is 0 Å². The predicted octanol–water partition coefficient (Wildman–Crippen LogP) is 4.38. The third-order valence-electron chi connectivity index (χ3n) is 2.54. The molecule has 0 aliphatic rings. The molecule has 92 valence electrons. The van der Waals surface area contributed by atoms with Gasteiger partial charge in [0.25, 0.3) is 0 Å². The monoisotopic (exact) mass is 281 g/mol. The zero-order valence-electron chi connectivity index (χ0n) is 9.62. The maximum atomic E-state index is 6.33. The highest BCUT2D eigenvalue weighted by Gasteiger charge is 2.11. The molecule has 1 nitrogen and oxygen atoms in total. The summed E-state index contributed by atoms with van der Waals surface area (Å²) >= 11 is 12.1. The average Bonchev–Trinajstić information content (AvgIpc) is 2.26. The number of hydrogen-bond acceptors (Lipinski definition) is 1. The molecular weight excluding hydrogens is 264 g/mol. The van der Waals surface area contributed by atoms with Gasteiger partial charge < -0.3 is 4.90 Å². The van der Waals surface area contributed by atoms with Crippen LogP contribution >= 0.6 is 35.6 Å². The molecule has 0 fully saturated rings. The predicted molar refractivity (Wildman–Crippen MR) is 75.1 cm³/mol. The van der Waals surface area contributed by atoms with Crippen LogP contribution in [0.2, 0.25) is 5.02 Å². The van der Waals surface area contributed by atoms with Gasteiger partial charge in [0.05, 0.1) is 5.38 Å². The lowest BCUT2D eigenvalue weighted by Gasteiger charge is -2.21. The fourth-order valence-corrected chi connectivity index (χ4v) is 1.95. The van der Waals surface area contributed by atoms with Crippen molar-refractivity contribution >= 4 is 35.6 Å². The van der Waals surface area contributed by atoms with E-state index in [0.29, 0.717) is 0 Å². The zero-order valence-corrected chi connectivity index (χ0v) is 11.9. The van der Waals surface area contributed by atoms with Crippen LogP contribution in [-0.2, 0) is 0 Å². The molecule has 16 heavy (non-hydrogen) atoms. The van der Waals surface area contributed by atoms with Gasteiger partial charge in [-0.25, -0.2) is 0 Å². The van der Waals surface area contributed by atoms with Gasteiger partial charge in [-0.1, -0.05) is 37.6 Å². The van der Waals surface area contributed by atoms with E-state index in [-0.39, 0.29) is 17.8 Å². The average molecular weight is 283 g/mol. The van der Waals surface area contributed by atoms with E-state index in [4.69, 9.17) is 23.2 Å². The summed E-state index contributed by atoms with van der Waals surface area (Å²) < 4.78 is 0. The Morgan fingerprint density at radius 2 is 1.62 bits per heavy atom. The van der Waals surface area contributed by atoms with Crippen LogP contribution in [0.1, 0.15) is 24.8 Å². The Hall–Kier alpha value is 0.0500. The summed E-state index contributed by atoms with van der Waals surface area (Å²) in [6.45, 7) is 7.25. The van der Waals surface area contributed by atoms with Crippen LogP contribution in [0.25, 0.3) is 0 Å². The summed E-state index contributed by atoms with van der Waals surface area (Å²) in [6.07, 6.45) is 0. The van der Waals surface area contributed by atoms with E-state index in [2.05, 4.69) is 18.7 Å². The maximum Gasteiger partial charge on any atom is 0.0712 e. The second kappa shape index (κ2) is 8.19. The normalized spacial score (nSPS) is 12.3. The van der Waals surface area contributed by atoms with Crippen molar-refractivity contribution in [1.82, 2.24) is 4.90 Å². The number of rotatable bonds is 5. The van der Waals surface area contributed by atoms with Crippen molar-refractivity contribution in [3.05, 3.63) is 34.9 Å². The molecule has 0 heterocycles. The van der Waals surface area contributed by atoms with E-state index < -0.39 is 0 Å². The Kier molecular flexibility index (Phi) is 8.21. The molecule has 1 unspecified atom stereocenters. The lowest BCUT2D eigenvalue weighted by molar-refractivity contribution is 0.304. The largest absolute Gasteiger partial charge is 0.302 e. The van der Waals surface area contributed by atoms with Crippen LogP contribution in [0.4, 0.5) is 0 Å². The molecule has 0 radical (unpaired) electrons. The standard InChI is InChI=1S/C12H17Cl2N.ClH/c1-3-15(4-2)9-12(14)10-5-7-11(13)8-6-10;/h5-8,12H,3-4,9H2,1-2H3;1H. The Morgan fingerprint density at radius 3 is 2.06 bits per heavy atom. The van der Waals surface area contributed by atoms with Crippen LogP contribution in [0.15, 0.2) is 24.3 Å². The van der Waals surface area contributed by atoms with Gasteiger partial charge in [-0.05, 0) is 30.8 Å². The van der Waals surface area contributed by atoms with Crippen LogP contribution in [0.5, 0.6) is 0 Å². The highest BCUT2D eigenvalue weighted by Crippen LogP contribution is 2.23. The molecule has 0 aromatic heterocycles. The van der Waals surface area contributed by atoms with Gasteiger partial charge >= 0.3 is 0 Å². The summed E-state index contributed by atoms with van der Waals surface area (Å²) in [5, 5.41) is 0.799. The smallest absolute Gasteiger partial charge is 0.0712 e. The minimum Gasteiger partial charge on any atom is -0.302 e. The molecule has 0 spiro atoms. The number of hydrogen-bond donors (Lipinski definition) is 0. The van der Waals surface area contributed by atoms with Crippen LogP contribution in [0.3, 0.4) is 0 Å². The summed E-state index contributed by atoms with van der Waals surface area (Å²) in [5.41, 5.74) is 1.13. The quantitative estimate of drug-likeness (QED) is 0.724. The van der Waals surface area contributed by atoms with Gasteiger partial charge in [0.2, 0.25) is 0 Å². The summed E-state index contributed by atoms with van der Waals surface area (Å²) in [4.78, 5) is 2.31. The molecule has 0 aliphatic heterocycles. The van der Waals surface area contributed by atoms with Crippen molar-refractivity contribution in [2.24, 2.45) is 0 Å². The lowest BCUT2D eigenvalue weighted by Crippen LogP contribution is -2.26. The van der Waals surface area contributed by atoms with Crippen molar-refractivity contribution in [3.63, 3.8) is 0 Å². The second-order valence-corrected chi connectivity index (χ2v) is 4.47. The minimum atomic E-state index is 0. The van der Waals surface area contributed by atoms with E-state index in [1.165, 1.54) is 0 Å². The number of likely N-dealkylation sites (N-methyl/N-ethyl adjacent to an activating group) is 1. The Morgan fingerprint density at radius 1 is 1.12 bits per heavy atom. The molecule has 1 rings (SSSR count). The van der Waals surface area contributed by atoms with Crippen LogP contribution in [-0.4, -0.2) is 24.5 Å². The molecular formula is C12H18Cl3N. The second-order valence-electron chi connectivity index (χ2n) is 3.50. The zero-order chi connectivity index (χ0) is 11.3. The molecule has 0 N–H and O–H groups in total. The first-order chi connectivity index (χ1) is 7.17. The molecule has 0 aliphatic carbocycles. The third-order valence-corrected chi connectivity index (χ3v) is 3.19. The van der Waals surface area contributed by atoms with E-state index in [9.17, 15) is 0 Å². The number of halogens is 3. The first-order valence-electron chi connectivity index (χ1n) is 5.29. The fraction of sp³-hybridized carbons (Fsp3) is 0.500. The lowest BCUT2D eigenvalue weighted by atomic mass is 10.1. The van der Waals surface area contributed by atoms with E-state index in [1.807, 2.05) is 24.3 Å². The SMILES string of the molecule is CCN(CC)CC(Cl)c1ccc(Cl)cc1.Cl. The molecule has 4 heteroatoms. The summed E-state index contributed by atoms with van der Waals surface area (Å²) in [6, 6.07) is 7.75. The molecule has 0 amide bonds. The van der Waals surface area contributed by atoms with Gasteiger partial charge in [0, 0.05) is 11.6 Å². The molecule has 0 saturated carbocycles. The highest BCUT2D eigenvalue weighted by atomic mass is 35.5. The summed E-state index contributed by atoms with van der Waals surface area (Å²) in [7, 11) is 0. The highest BCUT2D eigenvalue weighted by molar-refractivity contribution is 6.30. The molecule has 1 atom stereocenters. The Balaban J connectivity index is 0.00000225. The van der Waals surface area contributed by atoms with E-state index in [1.54, 1.807) is 0 Å². The van der Waals surface area contributed by atoms with Crippen LogP contribution in [0, 0.1) is 0 Å². The van der Waals surface area contributed by atoms with E-state index in [0.717, 1.165) is 30.2 Å². The topological polar surface area (TPSA) is 3.24 Å². The summed E-state index contributed by atoms with van der Waals surface area (Å²) in [5.74, 6) is 0. The first-order valence-corrected chi connectivity index (χ1v) is 6.10. The molecule has 1 aromatic carbocycles. The number of nitrogens with zero attached hydrogens (tertiary/aromatic N) is 1. The van der Waals surface area contributed by atoms with Crippen molar-refractivity contribution in [2.75, 3.05) is 19.6 Å². The molecule has 0 saturated heterocycles. The minimum absolute atomic E-state index is 0. The van der Waals surface area contributed by atoms with E-state index >= 15 is 0 Å². The van der Waals surface area contributed by atoms with Crippen molar-refractivity contribution < 1.29 is 0 Å². The Bertz CT molecular complexity index is 283.